The molecule has 8 heteroatoms. The zero-order chi connectivity index (χ0) is 16.8. The Balaban J connectivity index is 1.56. The third kappa shape index (κ3) is 4.46. The molecular weight excluding hydrogens is 326 g/mol. The van der Waals surface area contributed by atoms with Gasteiger partial charge in [-0.2, -0.15) is 0 Å². The molecule has 0 radical (unpaired) electrons. The van der Waals surface area contributed by atoms with Crippen molar-refractivity contribution in [1.82, 2.24) is 24.7 Å². The van der Waals surface area contributed by atoms with Crippen LogP contribution in [0.25, 0.3) is 5.69 Å². The molecule has 2 heterocycles. The van der Waals surface area contributed by atoms with Gasteiger partial charge in [0.2, 0.25) is 10.0 Å². The molecule has 0 bridgehead atoms. The molecule has 0 unspecified atom stereocenters. The Bertz CT molecular complexity index is 879. The van der Waals surface area contributed by atoms with Gasteiger partial charge in [-0.25, -0.2) is 17.8 Å². The molecule has 0 aliphatic carbocycles. The van der Waals surface area contributed by atoms with Gasteiger partial charge >= 0.3 is 0 Å². The molecule has 1 N–H and O–H groups in total. The van der Waals surface area contributed by atoms with E-state index in [0.29, 0.717) is 12.1 Å². The third-order valence-electron chi connectivity index (χ3n) is 3.43. The van der Waals surface area contributed by atoms with Crippen LogP contribution in [0.4, 0.5) is 0 Å². The topological polar surface area (TPSA) is 89.8 Å². The molecule has 2 aromatic heterocycles. The van der Waals surface area contributed by atoms with Crippen molar-refractivity contribution in [3.63, 3.8) is 0 Å². The van der Waals surface area contributed by atoms with Gasteiger partial charge < -0.3 is 0 Å². The molecule has 0 fully saturated rings. The highest BCUT2D eigenvalue weighted by Crippen LogP contribution is 2.05. The zero-order valence-electron chi connectivity index (χ0n) is 12.9. The van der Waals surface area contributed by atoms with Crippen molar-refractivity contribution >= 4 is 10.0 Å². The normalized spacial score (nSPS) is 11.5. The first-order chi connectivity index (χ1) is 11.6. The van der Waals surface area contributed by atoms with Crippen LogP contribution in [0, 0.1) is 0 Å². The number of hydrogen-bond acceptors (Lipinski definition) is 5. The van der Waals surface area contributed by atoms with Gasteiger partial charge in [0, 0.05) is 6.20 Å². The highest BCUT2D eigenvalue weighted by Gasteiger charge is 2.12. The van der Waals surface area contributed by atoms with Gasteiger partial charge in [0.1, 0.15) is 0 Å². The van der Waals surface area contributed by atoms with Gasteiger partial charge in [0.15, 0.2) is 0 Å². The quantitative estimate of drug-likeness (QED) is 0.699. The summed E-state index contributed by atoms with van der Waals surface area (Å²) >= 11 is 0. The highest BCUT2D eigenvalue weighted by molar-refractivity contribution is 7.89. The van der Waals surface area contributed by atoms with Gasteiger partial charge in [-0.1, -0.05) is 35.5 Å². The number of aromatic nitrogens is 4. The van der Waals surface area contributed by atoms with Crippen molar-refractivity contribution in [2.75, 3.05) is 5.75 Å². The third-order valence-corrected chi connectivity index (χ3v) is 4.75. The summed E-state index contributed by atoms with van der Waals surface area (Å²) in [5, 5.41) is 7.94. The minimum absolute atomic E-state index is 0.0355. The molecule has 124 valence electrons. The lowest BCUT2D eigenvalue weighted by atomic mass is 10.2. The zero-order valence-corrected chi connectivity index (χ0v) is 13.7. The van der Waals surface area contributed by atoms with E-state index in [2.05, 4.69) is 20.0 Å². The predicted molar refractivity (Wildman–Crippen MR) is 89.9 cm³/mol. The monoisotopic (exact) mass is 343 g/mol. The van der Waals surface area contributed by atoms with E-state index >= 15 is 0 Å². The summed E-state index contributed by atoms with van der Waals surface area (Å²) in [7, 11) is -3.37. The Morgan fingerprint density at radius 3 is 2.67 bits per heavy atom. The maximum Gasteiger partial charge on any atom is 0.212 e. The second-order valence-corrected chi connectivity index (χ2v) is 7.17. The number of nitrogens with one attached hydrogen (secondary N) is 1. The number of nitrogens with zero attached hydrogens (tertiary/aromatic N) is 4. The molecular formula is C16H17N5O2S. The fourth-order valence-electron chi connectivity index (χ4n) is 2.15. The van der Waals surface area contributed by atoms with Crippen molar-refractivity contribution in [2.24, 2.45) is 0 Å². The first-order valence-electron chi connectivity index (χ1n) is 7.45. The molecule has 3 aromatic rings. The molecule has 24 heavy (non-hydrogen) atoms. The van der Waals surface area contributed by atoms with Gasteiger partial charge in [0.05, 0.1) is 36.1 Å². The number of rotatable bonds is 7. The van der Waals surface area contributed by atoms with Crippen LogP contribution < -0.4 is 4.72 Å². The van der Waals surface area contributed by atoms with Gasteiger partial charge in [-0.3, -0.25) is 4.98 Å². The summed E-state index contributed by atoms with van der Waals surface area (Å²) in [4.78, 5) is 4.01. The molecule has 0 spiro atoms. The lowest BCUT2D eigenvalue weighted by Crippen LogP contribution is -2.27. The number of aryl methyl sites for hydroxylation is 1. The van der Waals surface area contributed by atoms with E-state index in [1.165, 1.54) is 0 Å². The number of sulfonamides is 1. The first kappa shape index (κ1) is 16.3. The van der Waals surface area contributed by atoms with Crippen LogP contribution in [0.2, 0.25) is 0 Å². The Morgan fingerprint density at radius 1 is 1.08 bits per heavy atom. The average Bonchev–Trinajstić information content (AvgIpc) is 3.09. The van der Waals surface area contributed by atoms with Crippen molar-refractivity contribution in [3.05, 3.63) is 72.3 Å². The van der Waals surface area contributed by atoms with E-state index in [4.69, 9.17) is 0 Å². The van der Waals surface area contributed by atoms with E-state index < -0.39 is 10.0 Å². The van der Waals surface area contributed by atoms with Gasteiger partial charge in [0.25, 0.3) is 0 Å². The van der Waals surface area contributed by atoms with Crippen LogP contribution in [0.3, 0.4) is 0 Å². The summed E-state index contributed by atoms with van der Waals surface area (Å²) in [5.41, 5.74) is 2.30. The van der Waals surface area contributed by atoms with Crippen LogP contribution in [-0.2, 0) is 23.0 Å². The molecule has 1 aromatic carbocycles. The van der Waals surface area contributed by atoms with Gasteiger partial charge in [-0.05, 0) is 24.1 Å². The van der Waals surface area contributed by atoms with Crippen molar-refractivity contribution in [3.8, 4) is 5.69 Å². The molecule has 0 aliphatic rings. The minimum atomic E-state index is -3.37. The molecule has 0 aliphatic heterocycles. The molecule has 0 saturated carbocycles. The maximum absolute atomic E-state index is 12.1. The SMILES string of the molecule is O=S(=O)(CCc1ccccc1)NCc1cn(-c2cccnc2)nn1. The van der Waals surface area contributed by atoms with Crippen LogP contribution in [-0.4, -0.2) is 34.1 Å². The van der Waals surface area contributed by atoms with E-state index in [0.717, 1.165) is 11.3 Å². The first-order valence-corrected chi connectivity index (χ1v) is 9.10. The van der Waals surface area contributed by atoms with E-state index in [9.17, 15) is 8.42 Å². The Hall–Kier alpha value is -2.58. The van der Waals surface area contributed by atoms with E-state index in [-0.39, 0.29) is 12.3 Å². The summed E-state index contributed by atoms with van der Waals surface area (Å²) in [6.45, 7) is 0.109. The summed E-state index contributed by atoms with van der Waals surface area (Å²) in [5.74, 6) is 0.0355. The largest absolute Gasteiger partial charge is 0.262 e. The summed E-state index contributed by atoms with van der Waals surface area (Å²) in [6, 6.07) is 13.2. The Morgan fingerprint density at radius 2 is 1.92 bits per heavy atom. The van der Waals surface area contributed by atoms with Crippen molar-refractivity contribution < 1.29 is 8.42 Å². The number of benzene rings is 1. The van der Waals surface area contributed by atoms with Crippen molar-refractivity contribution in [1.29, 1.82) is 0 Å². The number of pyridine rings is 1. The molecule has 0 saturated heterocycles. The van der Waals surface area contributed by atoms with Crippen LogP contribution >= 0.6 is 0 Å². The van der Waals surface area contributed by atoms with Crippen LogP contribution in [0.5, 0.6) is 0 Å². The maximum atomic E-state index is 12.1. The molecule has 3 rings (SSSR count). The standard InChI is InChI=1S/C16H17N5O2S/c22-24(23,10-8-14-5-2-1-3-6-14)18-11-15-13-21(20-19-15)16-7-4-9-17-12-16/h1-7,9,12-13,18H,8,10-11H2. The predicted octanol–water partition coefficient (Wildman–Crippen LogP) is 1.32. The van der Waals surface area contributed by atoms with Crippen LogP contribution in [0.15, 0.2) is 61.1 Å². The number of hydrogen-bond donors (Lipinski definition) is 1. The van der Waals surface area contributed by atoms with E-state index in [1.807, 2.05) is 36.4 Å². The minimum Gasteiger partial charge on any atom is -0.262 e. The summed E-state index contributed by atoms with van der Waals surface area (Å²) < 4.78 is 28.3. The highest BCUT2D eigenvalue weighted by atomic mass is 32.2. The Labute approximate surface area is 140 Å². The fourth-order valence-corrected chi connectivity index (χ4v) is 3.16. The second-order valence-electron chi connectivity index (χ2n) is 5.24. The van der Waals surface area contributed by atoms with E-state index in [1.54, 1.807) is 29.3 Å². The van der Waals surface area contributed by atoms with Crippen molar-refractivity contribution in [2.45, 2.75) is 13.0 Å². The molecule has 7 nitrogen and oxygen atoms in total. The molecule has 0 amide bonds. The Kier molecular flexibility index (Phi) is 4.97. The van der Waals surface area contributed by atoms with Gasteiger partial charge in [-0.15, -0.1) is 5.10 Å². The lowest BCUT2D eigenvalue weighted by Gasteiger charge is -2.05. The summed E-state index contributed by atoms with van der Waals surface area (Å²) in [6.07, 6.45) is 5.47. The van der Waals surface area contributed by atoms with Crippen LogP contribution in [0.1, 0.15) is 11.3 Å². The molecule has 0 atom stereocenters. The lowest BCUT2D eigenvalue weighted by molar-refractivity contribution is 0.579. The smallest absolute Gasteiger partial charge is 0.212 e. The average molecular weight is 343 g/mol. The second kappa shape index (κ2) is 7.33. The fraction of sp³-hybridized carbons (Fsp3) is 0.188.